The molecule has 0 radical (unpaired) electrons. The number of aliphatic hydroxyl groups is 1. The molecule has 2 aromatic rings. The van der Waals surface area contributed by atoms with E-state index in [1.807, 2.05) is 38.1 Å². The quantitative estimate of drug-likeness (QED) is 0.881. The molecule has 0 saturated carbocycles. The summed E-state index contributed by atoms with van der Waals surface area (Å²) in [6.45, 7) is 8.19. The van der Waals surface area contributed by atoms with Crippen molar-refractivity contribution < 1.29 is 10.2 Å². The summed E-state index contributed by atoms with van der Waals surface area (Å²) >= 11 is 0. The zero-order valence-corrected chi connectivity index (χ0v) is 13.2. The lowest BCUT2D eigenvalue weighted by molar-refractivity contribution is 0.278. The van der Waals surface area contributed by atoms with Crippen LogP contribution in [-0.2, 0) is 0 Å². The van der Waals surface area contributed by atoms with E-state index in [4.69, 9.17) is 0 Å². The van der Waals surface area contributed by atoms with Crippen LogP contribution in [0.4, 0.5) is 0 Å². The highest BCUT2D eigenvalue weighted by molar-refractivity contribution is 5.49. The van der Waals surface area contributed by atoms with Crippen LogP contribution < -0.4 is 0 Å². The van der Waals surface area contributed by atoms with Gasteiger partial charge < -0.3 is 10.2 Å². The molecule has 2 aromatic carbocycles. The van der Waals surface area contributed by atoms with E-state index in [1.54, 1.807) is 0 Å². The maximum atomic E-state index is 10.4. The van der Waals surface area contributed by atoms with Crippen LogP contribution in [0.25, 0.3) is 0 Å². The molecule has 0 heterocycles. The number of rotatable bonds is 4. The van der Waals surface area contributed by atoms with Gasteiger partial charge in [-0.2, -0.15) is 0 Å². The van der Waals surface area contributed by atoms with Crippen LogP contribution in [-0.4, -0.2) is 16.8 Å². The first-order valence-corrected chi connectivity index (χ1v) is 7.45. The fraction of sp³-hybridized carbons (Fsp3) is 0.368. The molecule has 0 aliphatic rings. The highest BCUT2D eigenvalue weighted by atomic mass is 16.3. The van der Waals surface area contributed by atoms with E-state index in [9.17, 15) is 10.2 Å². The Morgan fingerprint density at radius 2 is 1.48 bits per heavy atom. The van der Waals surface area contributed by atoms with Crippen LogP contribution in [0.1, 0.15) is 53.5 Å². The van der Waals surface area contributed by atoms with Gasteiger partial charge in [-0.05, 0) is 42.0 Å². The largest absolute Gasteiger partial charge is 0.507 e. The van der Waals surface area contributed by atoms with Gasteiger partial charge in [0.05, 0.1) is 6.61 Å². The van der Waals surface area contributed by atoms with Crippen molar-refractivity contribution in [1.29, 1.82) is 0 Å². The number of aryl methyl sites for hydroxylation is 1. The summed E-state index contributed by atoms with van der Waals surface area (Å²) in [5, 5.41) is 20.2. The molecule has 0 spiro atoms. The maximum absolute atomic E-state index is 10.4. The first-order chi connectivity index (χ1) is 9.95. The number of hydrogen-bond acceptors (Lipinski definition) is 2. The van der Waals surface area contributed by atoms with Crippen molar-refractivity contribution in [1.82, 2.24) is 0 Å². The lowest BCUT2D eigenvalue weighted by Gasteiger charge is -2.19. The summed E-state index contributed by atoms with van der Waals surface area (Å²) in [6, 6.07) is 12.2. The molecule has 2 N–H and O–H groups in total. The van der Waals surface area contributed by atoms with Crippen molar-refractivity contribution in [3.8, 4) is 5.75 Å². The molecule has 0 unspecified atom stereocenters. The van der Waals surface area contributed by atoms with Gasteiger partial charge in [-0.1, -0.05) is 50.2 Å². The molecular weight excluding hydrogens is 260 g/mol. The lowest BCUT2D eigenvalue weighted by Crippen LogP contribution is -2.07. The molecule has 0 fully saturated rings. The highest BCUT2D eigenvalue weighted by Gasteiger charge is 2.18. The number of phenols is 1. The van der Waals surface area contributed by atoms with E-state index in [-0.39, 0.29) is 12.5 Å². The summed E-state index contributed by atoms with van der Waals surface area (Å²) in [5.74, 6) is 0.592. The van der Waals surface area contributed by atoms with Gasteiger partial charge in [-0.25, -0.2) is 0 Å². The van der Waals surface area contributed by atoms with Crippen molar-refractivity contribution in [2.45, 2.75) is 39.5 Å². The number of aliphatic hydroxyl groups excluding tert-OH is 1. The zero-order chi connectivity index (χ0) is 15.6. The zero-order valence-electron chi connectivity index (χ0n) is 13.2. The van der Waals surface area contributed by atoms with Crippen LogP contribution in [0.2, 0.25) is 0 Å². The number of phenolic OH excluding ortho intramolecular Hbond substituents is 1. The first-order valence-electron chi connectivity index (χ1n) is 7.45. The minimum absolute atomic E-state index is 0.0168. The third-order valence-electron chi connectivity index (χ3n) is 4.30. The van der Waals surface area contributed by atoms with E-state index in [2.05, 4.69) is 26.0 Å². The van der Waals surface area contributed by atoms with E-state index < -0.39 is 0 Å². The summed E-state index contributed by atoms with van der Waals surface area (Å²) in [5.41, 5.74) is 5.03. The molecule has 0 bridgehead atoms. The molecule has 0 aliphatic carbocycles. The molecule has 0 aromatic heterocycles. The molecule has 2 rings (SSSR count). The van der Waals surface area contributed by atoms with E-state index >= 15 is 0 Å². The molecule has 0 saturated heterocycles. The Labute approximate surface area is 127 Å². The molecule has 2 heteroatoms. The monoisotopic (exact) mass is 284 g/mol. The second-order valence-corrected chi connectivity index (χ2v) is 6.00. The van der Waals surface area contributed by atoms with Gasteiger partial charge in [0.15, 0.2) is 0 Å². The van der Waals surface area contributed by atoms with E-state index in [0.29, 0.717) is 11.7 Å². The molecule has 1 atom stereocenters. The standard InChI is InChI=1S/C19H24O2/c1-12(2)15-6-8-16(9-7-15)18(11-20)17-10-5-13(3)14(4)19(17)21/h5-10,12,18,20-21H,11H2,1-4H3/t18-/m1/s1. The number of hydrogen-bond donors (Lipinski definition) is 2. The smallest absolute Gasteiger partial charge is 0.122 e. The van der Waals surface area contributed by atoms with Crippen molar-refractivity contribution in [3.05, 3.63) is 64.2 Å². The molecule has 2 nitrogen and oxygen atoms in total. The Balaban J connectivity index is 2.42. The molecule has 0 aliphatic heterocycles. The van der Waals surface area contributed by atoms with Gasteiger partial charge in [0, 0.05) is 11.5 Å². The molecule has 0 amide bonds. The summed E-state index contributed by atoms with van der Waals surface area (Å²) < 4.78 is 0. The molecule has 112 valence electrons. The predicted molar refractivity (Wildman–Crippen MR) is 87.0 cm³/mol. The molecular formula is C19H24O2. The van der Waals surface area contributed by atoms with Gasteiger partial charge in [-0.3, -0.25) is 0 Å². The van der Waals surface area contributed by atoms with Crippen LogP contribution in [0, 0.1) is 13.8 Å². The normalized spacial score (nSPS) is 12.7. The first kappa shape index (κ1) is 15.6. The SMILES string of the molecule is Cc1ccc([C@H](CO)c2ccc(C(C)C)cc2)c(O)c1C. The van der Waals surface area contributed by atoms with Crippen molar-refractivity contribution >= 4 is 0 Å². The minimum atomic E-state index is -0.189. The second-order valence-electron chi connectivity index (χ2n) is 6.00. The number of aromatic hydroxyl groups is 1. The second kappa shape index (κ2) is 6.31. The number of benzene rings is 2. The third kappa shape index (κ3) is 3.11. The Morgan fingerprint density at radius 3 is 2.00 bits per heavy atom. The van der Waals surface area contributed by atoms with Crippen molar-refractivity contribution in [2.24, 2.45) is 0 Å². The topological polar surface area (TPSA) is 40.5 Å². The Hall–Kier alpha value is -1.80. The third-order valence-corrected chi connectivity index (χ3v) is 4.30. The van der Waals surface area contributed by atoms with Crippen LogP contribution in [0.3, 0.4) is 0 Å². The van der Waals surface area contributed by atoms with E-state index in [0.717, 1.165) is 22.3 Å². The Kier molecular flexibility index (Phi) is 4.69. The summed E-state index contributed by atoms with van der Waals surface area (Å²) in [4.78, 5) is 0. The fourth-order valence-electron chi connectivity index (χ4n) is 2.60. The lowest BCUT2D eigenvalue weighted by atomic mass is 9.88. The van der Waals surface area contributed by atoms with Gasteiger partial charge in [0.25, 0.3) is 0 Å². The maximum Gasteiger partial charge on any atom is 0.122 e. The van der Waals surface area contributed by atoms with Crippen molar-refractivity contribution in [2.75, 3.05) is 6.61 Å². The van der Waals surface area contributed by atoms with Crippen molar-refractivity contribution in [3.63, 3.8) is 0 Å². The van der Waals surface area contributed by atoms with E-state index in [1.165, 1.54) is 5.56 Å². The van der Waals surface area contributed by atoms with Crippen LogP contribution >= 0.6 is 0 Å². The van der Waals surface area contributed by atoms with Gasteiger partial charge in [0.2, 0.25) is 0 Å². The minimum Gasteiger partial charge on any atom is -0.507 e. The van der Waals surface area contributed by atoms with Gasteiger partial charge in [-0.15, -0.1) is 0 Å². The Morgan fingerprint density at radius 1 is 0.905 bits per heavy atom. The van der Waals surface area contributed by atoms with Gasteiger partial charge >= 0.3 is 0 Å². The summed E-state index contributed by atoms with van der Waals surface area (Å²) in [6.07, 6.45) is 0. The molecule has 21 heavy (non-hydrogen) atoms. The average molecular weight is 284 g/mol. The highest BCUT2D eigenvalue weighted by Crippen LogP contribution is 2.34. The average Bonchev–Trinajstić information content (AvgIpc) is 2.48. The Bertz CT molecular complexity index is 612. The summed E-state index contributed by atoms with van der Waals surface area (Å²) in [7, 11) is 0. The van der Waals surface area contributed by atoms with Crippen LogP contribution in [0.5, 0.6) is 5.75 Å². The fourth-order valence-corrected chi connectivity index (χ4v) is 2.60. The predicted octanol–water partition coefficient (Wildman–Crippen LogP) is 4.26. The van der Waals surface area contributed by atoms with Crippen LogP contribution in [0.15, 0.2) is 36.4 Å². The van der Waals surface area contributed by atoms with Gasteiger partial charge in [0.1, 0.15) is 5.75 Å².